The molecule has 1 unspecified atom stereocenters. The molecule has 0 fully saturated rings. The monoisotopic (exact) mass is 230 g/mol. The molecular weight excluding hydrogens is 212 g/mol. The van der Waals surface area contributed by atoms with Crippen LogP contribution in [0.3, 0.4) is 0 Å². The summed E-state index contributed by atoms with van der Waals surface area (Å²) < 4.78 is 0. The lowest BCUT2D eigenvalue weighted by molar-refractivity contribution is 0.196. The number of aliphatic hydroxyl groups is 1. The van der Waals surface area contributed by atoms with Crippen molar-refractivity contribution < 1.29 is 5.11 Å². The molecule has 3 nitrogen and oxygen atoms in total. The molecule has 0 heterocycles. The minimum absolute atomic E-state index is 0.278. The van der Waals surface area contributed by atoms with Gasteiger partial charge in [-0.05, 0) is 29.8 Å². The molecule has 17 heavy (non-hydrogen) atoms. The van der Waals surface area contributed by atoms with E-state index in [0.29, 0.717) is 6.54 Å². The van der Waals surface area contributed by atoms with Crippen molar-refractivity contribution in [2.24, 2.45) is 5.73 Å². The van der Waals surface area contributed by atoms with Crippen molar-refractivity contribution in [2.75, 3.05) is 18.4 Å². The fourth-order valence-corrected chi connectivity index (χ4v) is 1.79. The van der Waals surface area contributed by atoms with Crippen molar-refractivity contribution in [3.8, 4) is 0 Å². The zero-order valence-corrected chi connectivity index (χ0v) is 9.98. The normalized spacial score (nSPS) is 12.6. The number of nitrogens with two attached hydrogens (primary N) is 1. The van der Waals surface area contributed by atoms with E-state index >= 15 is 0 Å². The summed E-state index contributed by atoms with van der Waals surface area (Å²) in [7, 11) is 0. The number of aryl methyl sites for hydroxylation is 1. The molecule has 0 aliphatic rings. The van der Waals surface area contributed by atoms with E-state index < -0.39 is 6.10 Å². The van der Waals surface area contributed by atoms with E-state index in [0.717, 1.165) is 5.69 Å². The molecule has 0 saturated carbocycles. The Morgan fingerprint density at radius 1 is 1.18 bits per heavy atom. The molecule has 0 aromatic heterocycles. The predicted octanol–water partition coefficient (Wildman–Crippen LogP) is 1.88. The largest absolute Gasteiger partial charge is 0.390 e. The summed E-state index contributed by atoms with van der Waals surface area (Å²) in [5.41, 5.74) is 7.62. The van der Waals surface area contributed by atoms with E-state index in [4.69, 9.17) is 5.73 Å². The minimum atomic E-state index is -0.497. The van der Waals surface area contributed by atoms with Gasteiger partial charge in [0.05, 0.1) is 6.10 Å². The predicted molar refractivity (Wildman–Crippen MR) is 72.2 cm³/mol. The molecular formula is C14H18N2O. The second kappa shape index (κ2) is 5.17. The van der Waals surface area contributed by atoms with Crippen LogP contribution in [0.15, 0.2) is 36.4 Å². The third-order valence-corrected chi connectivity index (χ3v) is 2.81. The number of fused-ring (bicyclic) bond motifs is 1. The van der Waals surface area contributed by atoms with Crippen LogP contribution in [0.5, 0.6) is 0 Å². The zero-order chi connectivity index (χ0) is 12.3. The summed E-state index contributed by atoms with van der Waals surface area (Å²) >= 11 is 0. The van der Waals surface area contributed by atoms with Crippen LogP contribution >= 0.6 is 0 Å². The van der Waals surface area contributed by atoms with Crippen LogP contribution in [-0.4, -0.2) is 24.3 Å². The van der Waals surface area contributed by atoms with Crippen LogP contribution in [-0.2, 0) is 0 Å². The Labute approximate surface area is 101 Å². The van der Waals surface area contributed by atoms with E-state index in [1.54, 1.807) is 0 Å². The maximum absolute atomic E-state index is 9.38. The quantitative estimate of drug-likeness (QED) is 0.751. The molecule has 2 aromatic rings. The Hall–Kier alpha value is -1.58. The van der Waals surface area contributed by atoms with Crippen LogP contribution in [0.1, 0.15) is 5.56 Å². The van der Waals surface area contributed by atoms with Crippen LogP contribution in [0.2, 0.25) is 0 Å². The second-order valence-electron chi connectivity index (χ2n) is 4.34. The molecule has 0 aliphatic carbocycles. The number of benzene rings is 2. The number of nitrogens with one attached hydrogen (secondary N) is 1. The molecule has 1 atom stereocenters. The summed E-state index contributed by atoms with van der Waals surface area (Å²) in [5, 5.41) is 15.0. The maximum Gasteiger partial charge on any atom is 0.0834 e. The van der Waals surface area contributed by atoms with Crippen LogP contribution in [0.25, 0.3) is 10.8 Å². The Kier molecular flexibility index (Phi) is 3.61. The summed E-state index contributed by atoms with van der Waals surface area (Å²) in [6, 6.07) is 12.5. The van der Waals surface area contributed by atoms with Gasteiger partial charge in [-0.15, -0.1) is 0 Å². The van der Waals surface area contributed by atoms with Crippen molar-refractivity contribution in [3.63, 3.8) is 0 Å². The van der Waals surface area contributed by atoms with Crippen LogP contribution < -0.4 is 11.1 Å². The highest BCUT2D eigenvalue weighted by Crippen LogP contribution is 2.20. The van der Waals surface area contributed by atoms with Gasteiger partial charge < -0.3 is 16.2 Å². The Morgan fingerprint density at radius 2 is 1.88 bits per heavy atom. The van der Waals surface area contributed by atoms with Gasteiger partial charge in [0.1, 0.15) is 0 Å². The SMILES string of the molecule is Cc1ccc2cc(NCC(O)CN)ccc2c1. The Balaban J connectivity index is 2.17. The number of hydrogen-bond acceptors (Lipinski definition) is 3. The first-order valence-electron chi connectivity index (χ1n) is 5.81. The van der Waals surface area contributed by atoms with E-state index in [1.807, 2.05) is 6.07 Å². The van der Waals surface area contributed by atoms with E-state index in [-0.39, 0.29) is 6.54 Å². The molecule has 0 saturated heterocycles. The maximum atomic E-state index is 9.38. The van der Waals surface area contributed by atoms with Gasteiger partial charge in [0, 0.05) is 18.8 Å². The van der Waals surface area contributed by atoms with Crippen molar-refractivity contribution >= 4 is 16.5 Å². The third kappa shape index (κ3) is 2.96. The van der Waals surface area contributed by atoms with Crippen molar-refractivity contribution in [1.29, 1.82) is 0 Å². The van der Waals surface area contributed by atoms with Gasteiger partial charge in [0.15, 0.2) is 0 Å². The van der Waals surface area contributed by atoms with Gasteiger partial charge in [0.2, 0.25) is 0 Å². The smallest absolute Gasteiger partial charge is 0.0834 e. The van der Waals surface area contributed by atoms with Gasteiger partial charge in [-0.1, -0.05) is 29.8 Å². The fourth-order valence-electron chi connectivity index (χ4n) is 1.79. The van der Waals surface area contributed by atoms with Crippen LogP contribution in [0, 0.1) is 6.92 Å². The number of aliphatic hydroxyl groups excluding tert-OH is 1. The highest BCUT2D eigenvalue weighted by Gasteiger charge is 2.01. The van der Waals surface area contributed by atoms with Crippen molar-refractivity contribution in [2.45, 2.75) is 13.0 Å². The van der Waals surface area contributed by atoms with E-state index in [1.165, 1.54) is 16.3 Å². The molecule has 0 radical (unpaired) electrons. The summed E-state index contributed by atoms with van der Waals surface area (Å²) in [5.74, 6) is 0. The van der Waals surface area contributed by atoms with Gasteiger partial charge in [-0.25, -0.2) is 0 Å². The highest BCUT2D eigenvalue weighted by molar-refractivity contribution is 5.86. The molecule has 90 valence electrons. The standard InChI is InChI=1S/C14H18N2O/c1-10-2-3-12-7-13(5-4-11(12)6-10)16-9-14(17)8-15/h2-7,14,16-17H,8-9,15H2,1H3. The lowest BCUT2D eigenvalue weighted by Crippen LogP contribution is -2.27. The fraction of sp³-hybridized carbons (Fsp3) is 0.286. The van der Waals surface area contributed by atoms with Crippen molar-refractivity contribution in [1.82, 2.24) is 0 Å². The number of hydrogen-bond donors (Lipinski definition) is 3. The van der Waals surface area contributed by atoms with E-state index in [9.17, 15) is 5.11 Å². The summed E-state index contributed by atoms with van der Waals surface area (Å²) in [6.07, 6.45) is -0.497. The molecule has 0 aliphatic heterocycles. The molecule has 3 heteroatoms. The topological polar surface area (TPSA) is 58.3 Å². The van der Waals surface area contributed by atoms with Gasteiger partial charge in [0.25, 0.3) is 0 Å². The average molecular weight is 230 g/mol. The van der Waals surface area contributed by atoms with Gasteiger partial charge in [-0.2, -0.15) is 0 Å². The molecule has 0 bridgehead atoms. The average Bonchev–Trinajstić information content (AvgIpc) is 2.35. The molecule has 2 aromatic carbocycles. The molecule has 2 rings (SSSR count). The first-order valence-corrected chi connectivity index (χ1v) is 5.81. The van der Waals surface area contributed by atoms with Gasteiger partial charge in [-0.3, -0.25) is 0 Å². The van der Waals surface area contributed by atoms with E-state index in [2.05, 4.69) is 42.6 Å². The number of anilines is 1. The summed E-state index contributed by atoms with van der Waals surface area (Å²) in [6.45, 7) is 2.84. The third-order valence-electron chi connectivity index (χ3n) is 2.81. The zero-order valence-electron chi connectivity index (χ0n) is 9.98. The van der Waals surface area contributed by atoms with Gasteiger partial charge >= 0.3 is 0 Å². The van der Waals surface area contributed by atoms with Crippen molar-refractivity contribution in [3.05, 3.63) is 42.0 Å². The first kappa shape index (κ1) is 11.9. The molecule has 4 N–H and O–H groups in total. The van der Waals surface area contributed by atoms with Crippen LogP contribution in [0.4, 0.5) is 5.69 Å². The number of rotatable bonds is 4. The highest BCUT2D eigenvalue weighted by atomic mass is 16.3. The molecule has 0 amide bonds. The first-order chi connectivity index (χ1) is 8.19. The lowest BCUT2D eigenvalue weighted by atomic mass is 10.1. The Morgan fingerprint density at radius 3 is 2.65 bits per heavy atom. The summed E-state index contributed by atoms with van der Waals surface area (Å²) in [4.78, 5) is 0. The Bertz CT molecular complexity index is 511. The lowest BCUT2D eigenvalue weighted by Gasteiger charge is -2.11. The minimum Gasteiger partial charge on any atom is -0.390 e. The molecule has 0 spiro atoms. The second-order valence-corrected chi connectivity index (χ2v) is 4.34.